The van der Waals surface area contributed by atoms with Gasteiger partial charge in [-0.1, -0.05) is 24.3 Å². The average molecular weight is 349 g/mol. The summed E-state index contributed by atoms with van der Waals surface area (Å²) in [4.78, 5) is 0.270. The highest BCUT2D eigenvalue weighted by molar-refractivity contribution is 7.89. The lowest BCUT2D eigenvalue weighted by Gasteiger charge is -2.12. The van der Waals surface area contributed by atoms with Crippen LogP contribution < -0.4 is 14.2 Å². The number of nitrogens with one attached hydrogen (secondary N) is 1. The van der Waals surface area contributed by atoms with E-state index in [2.05, 4.69) is 4.72 Å². The van der Waals surface area contributed by atoms with Gasteiger partial charge in [-0.3, -0.25) is 0 Å². The SMILES string of the molecule is CCOc1ccc(CCNS(=O)(=O)c2ccccc2)cc1OCC. The molecule has 0 heterocycles. The van der Waals surface area contributed by atoms with Crippen molar-refractivity contribution in [2.24, 2.45) is 0 Å². The molecule has 0 aliphatic heterocycles. The Morgan fingerprint density at radius 1 is 0.917 bits per heavy atom. The summed E-state index contributed by atoms with van der Waals surface area (Å²) in [5.41, 5.74) is 0.984. The van der Waals surface area contributed by atoms with E-state index in [9.17, 15) is 8.42 Å². The van der Waals surface area contributed by atoms with E-state index < -0.39 is 10.0 Å². The molecular formula is C18H23NO4S. The highest BCUT2D eigenvalue weighted by atomic mass is 32.2. The van der Waals surface area contributed by atoms with Gasteiger partial charge in [-0.25, -0.2) is 13.1 Å². The highest BCUT2D eigenvalue weighted by Gasteiger charge is 2.13. The minimum atomic E-state index is -3.47. The molecule has 0 aliphatic carbocycles. The molecule has 0 fully saturated rings. The van der Waals surface area contributed by atoms with Crippen LogP contribution in [0.25, 0.3) is 0 Å². The average Bonchev–Trinajstić information content (AvgIpc) is 2.58. The van der Waals surface area contributed by atoms with Crippen molar-refractivity contribution in [1.82, 2.24) is 4.72 Å². The molecule has 2 aromatic rings. The van der Waals surface area contributed by atoms with E-state index in [1.54, 1.807) is 30.3 Å². The zero-order valence-corrected chi connectivity index (χ0v) is 14.8. The van der Waals surface area contributed by atoms with Gasteiger partial charge in [0.1, 0.15) is 0 Å². The van der Waals surface area contributed by atoms with Gasteiger partial charge in [0.2, 0.25) is 10.0 Å². The van der Waals surface area contributed by atoms with Crippen LogP contribution in [0.4, 0.5) is 0 Å². The lowest BCUT2D eigenvalue weighted by atomic mass is 10.1. The molecule has 0 spiro atoms. The van der Waals surface area contributed by atoms with Crippen molar-refractivity contribution in [2.75, 3.05) is 19.8 Å². The van der Waals surface area contributed by atoms with E-state index in [4.69, 9.17) is 9.47 Å². The standard InChI is InChI=1S/C18H23NO4S/c1-3-22-17-11-10-15(14-18(17)23-4-2)12-13-19-24(20,21)16-8-6-5-7-9-16/h5-11,14,19H,3-4,12-13H2,1-2H3. The molecule has 2 rings (SSSR count). The van der Waals surface area contributed by atoms with Gasteiger partial charge in [-0.05, 0) is 50.1 Å². The van der Waals surface area contributed by atoms with Crippen LogP contribution in [0, 0.1) is 0 Å². The minimum Gasteiger partial charge on any atom is -0.490 e. The summed E-state index contributed by atoms with van der Waals surface area (Å²) in [6.07, 6.45) is 0.568. The topological polar surface area (TPSA) is 64.6 Å². The molecule has 6 heteroatoms. The van der Waals surface area contributed by atoms with Gasteiger partial charge in [0.25, 0.3) is 0 Å². The van der Waals surface area contributed by atoms with Crippen LogP contribution in [0.1, 0.15) is 19.4 Å². The van der Waals surface area contributed by atoms with Crippen LogP contribution in [0.3, 0.4) is 0 Å². The Hall–Kier alpha value is -2.05. The molecule has 0 saturated heterocycles. The fourth-order valence-electron chi connectivity index (χ4n) is 2.26. The van der Waals surface area contributed by atoms with Gasteiger partial charge in [-0.15, -0.1) is 0 Å². The predicted molar refractivity (Wildman–Crippen MR) is 94.1 cm³/mol. The summed E-state index contributed by atoms with van der Waals surface area (Å²) in [7, 11) is -3.47. The highest BCUT2D eigenvalue weighted by Crippen LogP contribution is 2.28. The monoisotopic (exact) mass is 349 g/mol. The van der Waals surface area contributed by atoms with E-state index in [-0.39, 0.29) is 4.90 Å². The van der Waals surface area contributed by atoms with Crippen molar-refractivity contribution in [3.63, 3.8) is 0 Å². The first-order chi connectivity index (χ1) is 11.6. The Balaban J connectivity index is 2.00. The summed E-state index contributed by atoms with van der Waals surface area (Å²) < 4.78 is 38.1. The maximum atomic E-state index is 12.2. The van der Waals surface area contributed by atoms with Crippen molar-refractivity contribution < 1.29 is 17.9 Å². The molecule has 0 unspecified atom stereocenters. The van der Waals surface area contributed by atoms with Gasteiger partial charge in [-0.2, -0.15) is 0 Å². The molecule has 1 N–H and O–H groups in total. The van der Waals surface area contributed by atoms with Crippen LogP contribution in [0.5, 0.6) is 11.5 Å². The predicted octanol–water partition coefficient (Wildman–Crippen LogP) is 3.01. The van der Waals surface area contributed by atoms with Crippen molar-refractivity contribution in [1.29, 1.82) is 0 Å². The van der Waals surface area contributed by atoms with Crippen molar-refractivity contribution in [2.45, 2.75) is 25.2 Å². The number of hydrogen-bond donors (Lipinski definition) is 1. The Kier molecular flexibility index (Phi) is 6.63. The zero-order chi connectivity index (χ0) is 17.4. The molecule has 0 atom stereocenters. The van der Waals surface area contributed by atoms with E-state index >= 15 is 0 Å². The summed E-state index contributed by atoms with van der Waals surface area (Å²) >= 11 is 0. The molecule has 0 aromatic heterocycles. The molecule has 0 amide bonds. The Morgan fingerprint density at radius 3 is 2.25 bits per heavy atom. The fraction of sp³-hybridized carbons (Fsp3) is 0.333. The minimum absolute atomic E-state index is 0.270. The van der Waals surface area contributed by atoms with Crippen LogP contribution >= 0.6 is 0 Å². The van der Waals surface area contributed by atoms with Crippen molar-refractivity contribution in [3.05, 3.63) is 54.1 Å². The van der Waals surface area contributed by atoms with Crippen LogP contribution in [-0.2, 0) is 16.4 Å². The van der Waals surface area contributed by atoms with Gasteiger partial charge < -0.3 is 9.47 Å². The normalized spacial score (nSPS) is 11.2. The fourth-order valence-corrected chi connectivity index (χ4v) is 3.32. The van der Waals surface area contributed by atoms with E-state index in [0.29, 0.717) is 37.7 Å². The number of sulfonamides is 1. The molecule has 130 valence electrons. The molecule has 24 heavy (non-hydrogen) atoms. The summed E-state index contributed by atoms with van der Waals surface area (Å²) in [6.45, 7) is 5.26. The van der Waals surface area contributed by atoms with Gasteiger partial charge in [0.15, 0.2) is 11.5 Å². The third kappa shape index (κ3) is 4.97. The lowest BCUT2D eigenvalue weighted by molar-refractivity contribution is 0.287. The van der Waals surface area contributed by atoms with E-state index in [1.807, 2.05) is 32.0 Å². The van der Waals surface area contributed by atoms with Crippen molar-refractivity contribution >= 4 is 10.0 Å². The maximum Gasteiger partial charge on any atom is 0.240 e. The second-order valence-corrected chi connectivity index (χ2v) is 6.87. The number of hydrogen-bond acceptors (Lipinski definition) is 4. The number of rotatable bonds is 9. The smallest absolute Gasteiger partial charge is 0.240 e. The van der Waals surface area contributed by atoms with Crippen LogP contribution in [0.2, 0.25) is 0 Å². The summed E-state index contributed by atoms with van der Waals surface area (Å²) in [5, 5.41) is 0. The second-order valence-electron chi connectivity index (χ2n) is 5.11. The quantitative estimate of drug-likeness (QED) is 0.756. The van der Waals surface area contributed by atoms with Gasteiger partial charge in [0.05, 0.1) is 18.1 Å². The number of ether oxygens (including phenoxy) is 2. The first kappa shape index (κ1) is 18.3. The van der Waals surface area contributed by atoms with Crippen LogP contribution in [-0.4, -0.2) is 28.2 Å². The molecule has 0 saturated carbocycles. The molecule has 0 bridgehead atoms. The van der Waals surface area contributed by atoms with E-state index in [0.717, 1.165) is 5.56 Å². The largest absolute Gasteiger partial charge is 0.490 e. The first-order valence-corrected chi connectivity index (χ1v) is 9.48. The third-order valence-electron chi connectivity index (χ3n) is 3.37. The molecule has 2 aromatic carbocycles. The maximum absolute atomic E-state index is 12.2. The molecule has 0 radical (unpaired) electrons. The van der Waals surface area contributed by atoms with Gasteiger partial charge >= 0.3 is 0 Å². The summed E-state index contributed by atoms with van der Waals surface area (Å²) in [6, 6.07) is 14.0. The molecule has 5 nitrogen and oxygen atoms in total. The molecular weight excluding hydrogens is 326 g/mol. The van der Waals surface area contributed by atoms with Crippen molar-refractivity contribution in [3.8, 4) is 11.5 Å². The Morgan fingerprint density at radius 2 is 1.58 bits per heavy atom. The van der Waals surface area contributed by atoms with E-state index in [1.165, 1.54) is 0 Å². The Labute approximate surface area is 143 Å². The third-order valence-corrected chi connectivity index (χ3v) is 4.84. The lowest BCUT2D eigenvalue weighted by Crippen LogP contribution is -2.25. The zero-order valence-electron chi connectivity index (χ0n) is 14.0. The first-order valence-electron chi connectivity index (χ1n) is 8.00. The molecule has 0 aliphatic rings. The van der Waals surface area contributed by atoms with Crippen LogP contribution in [0.15, 0.2) is 53.4 Å². The Bertz CT molecular complexity index is 745. The number of benzene rings is 2. The summed E-state index contributed by atoms with van der Waals surface area (Å²) in [5.74, 6) is 1.38. The second kappa shape index (κ2) is 8.70. The van der Waals surface area contributed by atoms with Gasteiger partial charge in [0, 0.05) is 6.54 Å².